The first-order valence-electron chi connectivity index (χ1n) is 5.37. The fraction of sp³-hybridized carbons (Fsp3) is 0.400. The van der Waals surface area contributed by atoms with Gasteiger partial charge >= 0.3 is 0 Å². The number of benzene rings is 1. The number of primary sulfonamides is 1. The number of halogens is 1. The smallest absolute Gasteiger partial charge is 0.241 e. The second-order valence-electron chi connectivity index (χ2n) is 4.28. The quantitative estimate of drug-likeness (QED) is 0.849. The van der Waals surface area contributed by atoms with Crippen molar-refractivity contribution in [2.75, 3.05) is 11.5 Å². The Kier molecular flexibility index (Phi) is 3.54. The largest absolute Gasteiger partial charge is 0.488 e. The van der Waals surface area contributed by atoms with E-state index in [0.717, 1.165) is 18.2 Å². The number of sulfone groups is 1. The van der Waals surface area contributed by atoms with E-state index in [1.54, 1.807) is 0 Å². The molecule has 0 aliphatic carbocycles. The summed E-state index contributed by atoms with van der Waals surface area (Å²) in [5.41, 5.74) is 0. The zero-order valence-corrected chi connectivity index (χ0v) is 11.4. The zero-order valence-electron chi connectivity index (χ0n) is 9.74. The molecule has 0 amide bonds. The number of hydrogen-bond acceptors (Lipinski definition) is 5. The molecule has 106 valence electrons. The minimum absolute atomic E-state index is 0.0103. The van der Waals surface area contributed by atoms with E-state index in [1.165, 1.54) is 0 Å². The van der Waals surface area contributed by atoms with E-state index < -0.39 is 36.7 Å². The Labute approximate surface area is 110 Å². The molecule has 1 heterocycles. The van der Waals surface area contributed by atoms with E-state index >= 15 is 0 Å². The third-order valence-electron chi connectivity index (χ3n) is 2.70. The van der Waals surface area contributed by atoms with Gasteiger partial charge in [-0.2, -0.15) is 0 Å². The monoisotopic (exact) mass is 309 g/mol. The van der Waals surface area contributed by atoms with E-state index in [1.807, 2.05) is 0 Å². The Balaban J connectivity index is 2.31. The highest BCUT2D eigenvalue weighted by molar-refractivity contribution is 7.91. The molecule has 1 aromatic carbocycles. The van der Waals surface area contributed by atoms with E-state index in [2.05, 4.69) is 0 Å². The Morgan fingerprint density at radius 3 is 2.58 bits per heavy atom. The van der Waals surface area contributed by atoms with Crippen LogP contribution in [-0.2, 0) is 19.9 Å². The summed E-state index contributed by atoms with van der Waals surface area (Å²) in [7, 11) is -7.29. The van der Waals surface area contributed by atoms with Crippen molar-refractivity contribution < 1.29 is 26.0 Å². The third kappa shape index (κ3) is 3.43. The number of rotatable bonds is 3. The Bertz CT molecular complexity index is 699. The molecule has 0 radical (unpaired) electrons. The molecule has 0 saturated carbocycles. The summed E-state index contributed by atoms with van der Waals surface area (Å²) in [6.45, 7) is 0. The van der Waals surface area contributed by atoms with Gasteiger partial charge in [0.15, 0.2) is 9.84 Å². The summed E-state index contributed by atoms with van der Waals surface area (Å²) in [6.07, 6.45) is -0.375. The zero-order chi connectivity index (χ0) is 14.3. The van der Waals surface area contributed by atoms with Crippen LogP contribution in [0.25, 0.3) is 0 Å². The Hall–Kier alpha value is -1.19. The van der Waals surface area contributed by atoms with Crippen molar-refractivity contribution in [2.24, 2.45) is 5.14 Å². The van der Waals surface area contributed by atoms with Crippen LogP contribution in [-0.4, -0.2) is 34.4 Å². The first-order chi connectivity index (χ1) is 8.67. The van der Waals surface area contributed by atoms with E-state index in [-0.39, 0.29) is 23.7 Å². The number of ether oxygens (including phenoxy) is 1. The highest BCUT2D eigenvalue weighted by Crippen LogP contribution is 2.27. The molecular weight excluding hydrogens is 297 g/mol. The van der Waals surface area contributed by atoms with Crippen LogP contribution in [0.4, 0.5) is 4.39 Å². The molecule has 1 aliphatic rings. The van der Waals surface area contributed by atoms with Crippen LogP contribution >= 0.6 is 0 Å². The lowest BCUT2D eigenvalue weighted by Gasteiger charge is -2.14. The van der Waals surface area contributed by atoms with E-state index in [9.17, 15) is 21.2 Å². The van der Waals surface area contributed by atoms with Crippen molar-refractivity contribution in [3.05, 3.63) is 24.0 Å². The van der Waals surface area contributed by atoms with E-state index in [0.29, 0.717) is 0 Å². The van der Waals surface area contributed by atoms with Crippen LogP contribution in [0.2, 0.25) is 0 Å². The lowest BCUT2D eigenvalue weighted by molar-refractivity contribution is 0.222. The molecule has 0 bridgehead atoms. The molecule has 1 aliphatic heterocycles. The molecule has 2 rings (SSSR count). The molecule has 0 aromatic heterocycles. The van der Waals surface area contributed by atoms with Gasteiger partial charge in [0.2, 0.25) is 10.0 Å². The average Bonchev–Trinajstić information content (AvgIpc) is 2.59. The highest BCUT2D eigenvalue weighted by Gasteiger charge is 2.30. The Morgan fingerprint density at radius 1 is 1.37 bits per heavy atom. The predicted molar refractivity (Wildman–Crippen MR) is 65.5 cm³/mol. The Morgan fingerprint density at radius 2 is 2.05 bits per heavy atom. The van der Waals surface area contributed by atoms with Gasteiger partial charge in [-0.15, -0.1) is 0 Å². The molecule has 1 fully saturated rings. The molecule has 2 N–H and O–H groups in total. The fourth-order valence-electron chi connectivity index (χ4n) is 1.84. The number of hydrogen-bond donors (Lipinski definition) is 1. The summed E-state index contributed by atoms with van der Waals surface area (Å²) in [4.78, 5) is -0.489. The van der Waals surface area contributed by atoms with Gasteiger partial charge in [-0.1, -0.05) is 0 Å². The standard InChI is InChI=1S/C10H12FNO5S2/c11-7-1-2-9(10(5-7)19(12,15)16)17-8-3-4-18(13,14)6-8/h1-2,5,8H,3-4,6H2,(H2,12,15,16). The first-order valence-corrected chi connectivity index (χ1v) is 8.73. The fourth-order valence-corrected chi connectivity index (χ4v) is 4.10. The summed E-state index contributed by atoms with van der Waals surface area (Å²) < 4.78 is 63.6. The van der Waals surface area contributed by atoms with Gasteiger partial charge in [0.25, 0.3) is 0 Å². The van der Waals surface area contributed by atoms with Crippen LogP contribution < -0.4 is 9.88 Å². The molecule has 9 heteroatoms. The average molecular weight is 309 g/mol. The summed E-state index contributed by atoms with van der Waals surface area (Å²) >= 11 is 0. The molecule has 1 aromatic rings. The second kappa shape index (κ2) is 4.73. The van der Waals surface area contributed by atoms with Gasteiger partial charge in [0.05, 0.1) is 11.5 Å². The van der Waals surface area contributed by atoms with Crippen LogP contribution in [0, 0.1) is 5.82 Å². The second-order valence-corrected chi connectivity index (χ2v) is 8.04. The molecule has 19 heavy (non-hydrogen) atoms. The van der Waals surface area contributed by atoms with E-state index in [4.69, 9.17) is 9.88 Å². The van der Waals surface area contributed by atoms with Gasteiger partial charge in [0, 0.05) is 0 Å². The number of nitrogens with two attached hydrogens (primary N) is 1. The van der Waals surface area contributed by atoms with Gasteiger partial charge in [-0.25, -0.2) is 26.4 Å². The lowest BCUT2D eigenvalue weighted by Crippen LogP contribution is -2.21. The molecule has 0 spiro atoms. The molecule has 1 saturated heterocycles. The van der Waals surface area contributed by atoms with Crippen molar-refractivity contribution in [2.45, 2.75) is 17.4 Å². The SMILES string of the molecule is NS(=O)(=O)c1cc(F)ccc1OC1CCS(=O)(=O)C1. The van der Waals surface area contributed by atoms with Crippen molar-refractivity contribution in [1.29, 1.82) is 0 Å². The lowest BCUT2D eigenvalue weighted by atomic mass is 10.3. The molecule has 1 unspecified atom stereocenters. The maximum absolute atomic E-state index is 13.0. The van der Waals surface area contributed by atoms with Crippen molar-refractivity contribution in [3.63, 3.8) is 0 Å². The highest BCUT2D eigenvalue weighted by atomic mass is 32.2. The van der Waals surface area contributed by atoms with Crippen LogP contribution in [0.3, 0.4) is 0 Å². The third-order valence-corrected chi connectivity index (χ3v) is 5.37. The van der Waals surface area contributed by atoms with Gasteiger partial charge in [0.1, 0.15) is 22.6 Å². The van der Waals surface area contributed by atoms with Crippen molar-refractivity contribution >= 4 is 19.9 Å². The van der Waals surface area contributed by atoms with Crippen LogP contribution in [0.5, 0.6) is 5.75 Å². The normalized spacial score (nSPS) is 22.3. The topological polar surface area (TPSA) is 104 Å². The van der Waals surface area contributed by atoms with Crippen molar-refractivity contribution in [3.8, 4) is 5.75 Å². The first kappa shape index (κ1) is 14.2. The van der Waals surface area contributed by atoms with Crippen LogP contribution in [0.15, 0.2) is 23.1 Å². The number of sulfonamides is 1. The molecular formula is C10H12FNO5S2. The van der Waals surface area contributed by atoms with Gasteiger partial charge in [-0.05, 0) is 24.6 Å². The maximum atomic E-state index is 13.0. The minimum atomic E-state index is -4.14. The van der Waals surface area contributed by atoms with Gasteiger partial charge < -0.3 is 4.74 Å². The molecule has 6 nitrogen and oxygen atoms in total. The summed E-state index contributed by atoms with van der Waals surface area (Å²) in [5.74, 6) is -1.10. The minimum Gasteiger partial charge on any atom is -0.488 e. The van der Waals surface area contributed by atoms with Crippen LogP contribution in [0.1, 0.15) is 6.42 Å². The summed E-state index contributed by atoms with van der Waals surface area (Å²) in [6, 6.07) is 2.89. The predicted octanol–water partition coefficient (Wildman–Crippen LogP) is 0.0390. The molecule has 1 atom stereocenters. The summed E-state index contributed by atoms with van der Waals surface area (Å²) in [5, 5.41) is 4.96. The van der Waals surface area contributed by atoms with Crippen molar-refractivity contribution in [1.82, 2.24) is 0 Å². The maximum Gasteiger partial charge on any atom is 0.241 e. The van der Waals surface area contributed by atoms with Gasteiger partial charge in [-0.3, -0.25) is 0 Å².